The van der Waals surface area contributed by atoms with Gasteiger partial charge in [-0.05, 0) is 10.8 Å². The van der Waals surface area contributed by atoms with E-state index in [4.69, 9.17) is 0 Å². The minimum absolute atomic E-state index is 0.0335. The maximum absolute atomic E-state index is 12.2. The molecule has 1 N–H and O–H groups in total. The third kappa shape index (κ3) is 3.59. The first-order valence-electron chi connectivity index (χ1n) is 9.03. The van der Waals surface area contributed by atoms with Gasteiger partial charge in [-0.25, -0.2) is 8.42 Å². The van der Waals surface area contributed by atoms with Crippen molar-refractivity contribution in [3.8, 4) is 11.4 Å². The van der Waals surface area contributed by atoms with Gasteiger partial charge in [-0.1, -0.05) is 31.2 Å². The van der Waals surface area contributed by atoms with Crippen LogP contribution in [0.3, 0.4) is 0 Å². The van der Waals surface area contributed by atoms with Gasteiger partial charge in [-0.15, -0.1) is 10.2 Å². The van der Waals surface area contributed by atoms with Gasteiger partial charge in [0.2, 0.25) is 11.7 Å². The van der Waals surface area contributed by atoms with Crippen LogP contribution in [0.5, 0.6) is 0 Å². The van der Waals surface area contributed by atoms with Crippen molar-refractivity contribution in [2.45, 2.75) is 32.0 Å². The highest BCUT2D eigenvalue weighted by molar-refractivity contribution is 7.91. The molecule has 0 radical (unpaired) electrons. The van der Waals surface area contributed by atoms with Crippen LogP contribution in [-0.4, -0.2) is 81.4 Å². The maximum atomic E-state index is 12.2. The molecule has 144 valence electrons. The van der Waals surface area contributed by atoms with Crippen molar-refractivity contribution in [2.24, 2.45) is 0 Å². The van der Waals surface area contributed by atoms with E-state index in [0.717, 1.165) is 11.1 Å². The van der Waals surface area contributed by atoms with Crippen LogP contribution in [0.15, 0.2) is 24.3 Å². The summed E-state index contributed by atoms with van der Waals surface area (Å²) in [6, 6.07) is 7.47. The number of fused-ring (bicyclic) bond motifs is 1. The topological polar surface area (TPSA) is 112 Å². The molecule has 2 aromatic rings. The highest BCUT2D eigenvalue weighted by atomic mass is 32.2. The predicted molar refractivity (Wildman–Crippen MR) is 98.3 cm³/mol. The van der Waals surface area contributed by atoms with E-state index >= 15 is 0 Å². The summed E-state index contributed by atoms with van der Waals surface area (Å²) in [7, 11) is -3.13. The van der Waals surface area contributed by atoms with E-state index in [1.54, 1.807) is 4.90 Å². The molecule has 2 atom stereocenters. The number of hydrogen-bond acceptors (Lipinski definition) is 7. The molecule has 2 saturated heterocycles. The lowest BCUT2D eigenvalue weighted by Crippen LogP contribution is -2.60. The zero-order valence-corrected chi connectivity index (χ0v) is 15.9. The Morgan fingerprint density at radius 1 is 1.19 bits per heavy atom. The number of amides is 1. The number of nitrogens with one attached hydrogen (secondary N) is 1. The number of hydrogen-bond donors (Lipinski definition) is 1. The smallest absolute Gasteiger partial charge is 0.222 e. The first-order chi connectivity index (χ1) is 13.0. The Labute approximate surface area is 157 Å². The molecule has 3 heterocycles. The third-order valence-corrected chi connectivity index (χ3v) is 7.06. The van der Waals surface area contributed by atoms with Crippen LogP contribution in [0.4, 0.5) is 0 Å². The Morgan fingerprint density at radius 2 is 1.93 bits per heavy atom. The molecule has 2 aliphatic heterocycles. The summed E-state index contributed by atoms with van der Waals surface area (Å²) in [5.41, 5.74) is 1.95. The Kier molecular flexibility index (Phi) is 4.68. The number of sulfone groups is 1. The summed E-state index contributed by atoms with van der Waals surface area (Å²) in [5, 5.41) is 13.9. The van der Waals surface area contributed by atoms with Crippen LogP contribution in [0.1, 0.15) is 18.9 Å². The van der Waals surface area contributed by atoms with Crippen LogP contribution in [0.25, 0.3) is 11.4 Å². The molecule has 0 bridgehead atoms. The molecule has 9 nitrogen and oxygen atoms in total. The second-order valence-electron chi connectivity index (χ2n) is 7.06. The predicted octanol–water partition coefficient (Wildman–Crippen LogP) is 0.0865. The number of nitrogens with zero attached hydrogens (tertiary/aromatic N) is 5. The highest BCUT2D eigenvalue weighted by Crippen LogP contribution is 2.29. The minimum Gasteiger partial charge on any atom is -0.336 e. The van der Waals surface area contributed by atoms with Crippen molar-refractivity contribution in [1.29, 1.82) is 0 Å². The molecular weight excluding hydrogens is 368 g/mol. The van der Waals surface area contributed by atoms with E-state index in [0.29, 0.717) is 31.9 Å². The third-order valence-electron chi connectivity index (χ3n) is 5.36. The van der Waals surface area contributed by atoms with E-state index in [-0.39, 0.29) is 29.5 Å². The van der Waals surface area contributed by atoms with Crippen molar-refractivity contribution in [3.63, 3.8) is 0 Å². The largest absolute Gasteiger partial charge is 0.336 e. The normalized spacial score (nSPS) is 24.7. The summed E-state index contributed by atoms with van der Waals surface area (Å²) in [6.45, 7) is 3.72. The number of carbonyl (C=O) groups excluding carboxylic acids is 1. The van der Waals surface area contributed by atoms with Crippen molar-refractivity contribution in [2.75, 3.05) is 24.6 Å². The molecule has 0 saturated carbocycles. The SMILES string of the molecule is CCC(=O)N1CCN(Cc2ccc(-c3nn[nH]n3)cc2)[C@@H]2CS(=O)(=O)C[C@@H]21. The van der Waals surface area contributed by atoms with Gasteiger partial charge >= 0.3 is 0 Å². The number of piperazine rings is 1. The molecule has 0 aliphatic carbocycles. The molecule has 27 heavy (non-hydrogen) atoms. The fourth-order valence-electron chi connectivity index (χ4n) is 4.01. The van der Waals surface area contributed by atoms with Crippen LogP contribution < -0.4 is 0 Å². The van der Waals surface area contributed by atoms with Gasteiger partial charge < -0.3 is 4.90 Å². The molecule has 4 rings (SSSR count). The van der Waals surface area contributed by atoms with E-state index in [9.17, 15) is 13.2 Å². The Balaban J connectivity index is 1.51. The summed E-state index contributed by atoms with van der Waals surface area (Å²) >= 11 is 0. The molecule has 1 aromatic carbocycles. The van der Waals surface area contributed by atoms with Crippen LogP contribution in [-0.2, 0) is 21.2 Å². The summed E-state index contributed by atoms with van der Waals surface area (Å²) < 4.78 is 24.5. The average Bonchev–Trinajstić information content (AvgIpc) is 3.29. The van der Waals surface area contributed by atoms with Gasteiger partial charge in [-0.3, -0.25) is 9.69 Å². The first-order valence-corrected chi connectivity index (χ1v) is 10.9. The van der Waals surface area contributed by atoms with Crippen LogP contribution in [0.2, 0.25) is 0 Å². The van der Waals surface area contributed by atoms with Crippen LogP contribution >= 0.6 is 0 Å². The highest BCUT2D eigenvalue weighted by Gasteiger charge is 2.47. The first kappa shape index (κ1) is 18.1. The second kappa shape index (κ2) is 7.01. The Morgan fingerprint density at radius 3 is 2.59 bits per heavy atom. The van der Waals surface area contributed by atoms with E-state index in [2.05, 4.69) is 25.5 Å². The zero-order chi connectivity index (χ0) is 19.0. The van der Waals surface area contributed by atoms with E-state index in [1.165, 1.54) is 0 Å². The van der Waals surface area contributed by atoms with Crippen molar-refractivity contribution < 1.29 is 13.2 Å². The molecule has 1 amide bonds. The summed E-state index contributed by atoms with van der Waals surface area (Å²) in [4.78, 5) is 16.2. The number of tetrazole rings is 1. The monoisotopic (exact) mass is 390 g/mol. The lowest BCUT2D eigenvalue weighted by molar-refractivity contribution is -0.136. The molecule has 10 heteroatoms. The lowest BCUT2D eigenvalue weighted by atomic mass is 10.0. The molecule has 2 fully saturated rings. The Bertz CT molecular complexity index is 913. The number of aromatic nitrogens is 4. The Hall–Kier alpha value is -2.33. The fourth-order valence-corrected chi connectivity index (χ4v) is 6.02. The quantitative estimate of drug-likeness (QED) is 0.787. The number of carbonyl (C=O) groups is 1. The van der Waals surface area contributed by atoms with Crippen LogP contribution in [0, 0.1) is 0 Å². The lowest BCUT2D eigenvalue weighted by Gasteiger charge is -2.44. The van der Waals surface area contributed by atoms with Crippen molar-refractivity contribution >= 4 is 15.7 Å². The molecule has 0 spiro atoms. The number of aromatic amines is 1. The van der Waals surface area contributed by atoms with E-state index in [1.807, 2.05) is 31.2 Å². The fraction of sp³-hybridized carbons (Fsp3) is 0.529. The number of H-pyrrole nitrogens is 1. The van der Waals surface area contributed by atoms with Crippen molar-refractivity contribution in [1.82, 2.24) is 30.4 Å². The number of benzene rings is 1. The van der Waals surface area contributed by atoms with Gasteiger partial charge in [0.05, 0.1) is 17.5 Å². The minimum atomic E-state index is -3.13. The van der Waals surface area contributed by atoms with Crippen molar-refractivity contribution in [3.05, 3.63) is 29.8 Å². The van der Waals surface area contributed by atoms with Gasteiger partial charge in [0.25, 0.3) is 0 Å². The van der Waals surface area contributed by atoms with E-state index < -0.39 is 9.84 Å². The second-order valence-corrected chi connectivity index (χ2v) is 9.21. The zero-order valence-electron chi connectivity index (χ0n) is 15.1. The molecule has 0 unspecified atom stereocenters. The van der Waals surface area contributed by atoms with Gasteiger partial charge in [0.15, 0.2) is 9.84 Å². The standard InChI is InChI=1S/C17H22N6O3S/c1-2-16(24)23-8-7-22(14-10-27(25,26)11-15(14)23)9-12-3-5-13(6-4-12)17-18-20-21-19-17/h3-6,14-15H,2,7-11H2,1H3,(H,18,19,20,21)/t14-,15+/m1/s1. The number of rotatable bonds is 4. The maximum Gasteiger partial charge on any atom is 0.222 e. The van der Waals surface area contributed by atoms with Gasteiger partial charge in [-0.2, -0.15) is 5.21 Å². The summed E-state index contributed by atoms with van der Waals surface area (Å²) in [6.07, 6.45) is 0.404. The molecular formula is C17H22N6O3S. The van der Waals surface area contributed by atoms with Gasteiger partial charge in [0, 0.05) is 37.7 Å². The average molecular weight is 390 g/mol. The van der Waals surface area contributed by atoms with Gasteiger partial charge in [0.1, 0.15) is 0 Å². The summed E-state index contributed by atoms with van der Waals surface area (Å²) in [5.74, 6) is 0.754. The molecule has 2 aliphatic rings. The molecule has 1 aromatic heterocycles.